The summed E-state index contributed by atoms with van der Waals surface area (Å²) in [5.41, 5.74) is 1.92. The quantitative estimate of drug-likeness (QED) is 0.819. The van der Waals surface area contributed by atoms with E-state index in [2.05, 4.69) is 40.1 Å². The lowest BCUT2D eigenvalue weighted by atomic mass is 10.0. The standard InChI is InChI=1S/C12H15IN2O/c1-2-3-8-7-14-10-5-4-9(13)6-11(10)15-12(8)16/h4-6,8,14H,2-3,7H2,1H3,(H,15,16). The maximum Gasteiger partial charge on any atom is 0.229 e. The summed E-state index contributed by atoms with van der Waals surface area (Å²) >= 11 is 2.25. The molecule has 1 atom stereocenters. The highest BCUT2D eigenvalue weighted by Gasteiger charge is 2.22. The zero-order valence-electron chi connectivity index (χ0n) is 9.22. The van der Waals surface area contributed by atoms with Gasteiger partial charge in [-0.1, -0.05) is 13.3 Å². The van der Waals surface area contributed by atoms with Crippen LogP contribution in [0, 0.1) is 9.49 Å². The highest BCUT2D eigenvalue weighted by molar-refractivity contribution is 14.1. The van der Waals surface area contributed by atoms with Crippen molar-refractivity contribution in [2.24, 2.45) is 5.92 Å². The van der Waals surface area contributed by atoms with Crippen LogP contribution < -0.4 is 10.6 Å². The van der Waals surface area contributed by atoms with E-state index >= 15 is 0 Å². The van der Waals surface area contributed by atoms with Crippen LogP contribution in [0.15, 0.2) is 18.2 Å². The summed E-state index contributed by atoms with van der Waals surface area (Å²) in [5.74, 6) is 0.213. The molecule has 0 aromatic heterocycles. The Hall–Kier alpha value is -0.780. The molecule has 1 aliphatic heterocycles. The fraction of sp³-hybridized carbons (Fsp3) is 0.417. The SMILES string of the molecule is CCCC1CNc2ccc(I)cc2NC1=O. The minimum Gasteiger partial charge on any atom is -0.383 e. The third-order valence-electron chi connectivity index (χ3n) is 2.79. The van der Waals surface area contributed by atoms with Crippen LogP contribution in [0.4, 0.5) is 11.4 Å². The van der Waals surface area contributed by atoms with E-state index in [4.69, 9.17) is 0 Å². The summed E-state index contributed by atoms with van der Waals surface area (Å²) in [6.07, 6.45) is 1.97. The lowest BCUT2D eigenvalue weighted by Crippen LogP contribution is -2.25. The van der Waals surface area contributed by atoms with E-state index in [-0.39, 0.29) is 11.8 Å². The second-order valence-corrected chi connectivity index (χ2v) is 5.29. The number of anilines is 2. The molecular weight excluding hydrogens is 315 g/mol. The molecular formula is C12H15IN2O. The maximum absolute atomic E-state index is 11.9. The Morgan fingerprint density at radius 2 is 2.25 bits per heavy atom. The van der Waals surface area contributed by atoms with E-state index < -0.39 is 0 Å². The molecule has 4 heteroatoms. The molecule has 1 heterocycles. The van der Waals surface area contributed by atoms with Crippen molar-refractivity contribution >= 4 is 39.9 Å². The molecule has 0 saturated heterocycles. The number of benzene rings is 1. The third-order valence-corrected chi connectivity index (χ3v) is 3.46. The van der Waals surface area contributed by atoms with Gasteiger partial charge in [-0.05, 0) is 47.2 Å². The van der Waals surface area contributed by atoms with Crippen LogP contribution in [0.5, 0.6) is 0 Å². The molecule has 0 bridgehead atoms. The fourth-order valence-electron chi connectivity index (χ4n) is 1.92. The first kappa shape index (κ1) is 11.7. The van der Waals surface area contributed by atoms with Gasteiger partial charge in [0, 0.05) is 10.1 Å². The van der Waals surface area contributed by atoms with Crippen LogP contribution in [0.3, 0.4) is 0 Å². The molecule has 2 rings (SSSR count). The first-order valence-corrected chi connectivity index (χ1v) is 6.63. The van der Waals surface area contributed by atoms with Gasteiger partial charge >= 0.3 is 0 Å². The average Bonchev–Trinajstić information content (AvgIpc) is 2.39. The van der Waals surface area contributed by atoms with Gasteiger partial charge in [-0.15, -0.1) is 0 Å². The van der Waals surface area contributed by atoms with Gasteiger partial charge in [0.2, 0.25) is 5.91 Å². The molecule has 3 nitrogen and oxygen atoms in total. The van der Waals surface area contributed by atoms with Crippen LogP contribution >= 0.6 is 22.6 Å². The van der Waals surface area contributed by atoms with Gasteiger partial charge in [-0.25, -0.2) is 0 Å². The number of hydrogen-bond donors (Lipinski definition) is 2. The fourth-order valence-corrected chi connectivity index (χ4v) is 2.41. The van der Waals surface area contributed by atoms with E-state index in [0.717, 1.165) is 34.3 Å². The number of nitrogens with one attached hydrogen (secondary N) is 2. The zero-order valence-corrected chi connectivity index (χ0v) is 11.4. The van der Waals surface area contributed by atoms with Gasteiger partial charge in [0.1, 0.15) is 0 Å². The van der Waals surface area contributed by atoms with Crippen molar-refractivity contribution in [2.45, 2.75) is 19.8 Å². The molecule has 1 aliphatic rings. The molecule has 0 fully saturated rings. The van der Waals surface area contributed by atoms with Crippen molar-refractivity contribution in [1.29, 1.82) is 0 Å². The van der Waals surface area contributed by atoms with Crippen molar-refractivity contribution in [2.75, 3.05) is 17.2 Å². The maximum atomic E-state index is 11.9. The number of rotatable bonds is 2. The Morgan fingerprint density at radius 3 is 3.00 bits per heavy atom. The van der Waals surface area contributed by atoms with Gasteiger partial charge in [-0.3, -0.25) is 4.79 Å². The van der Waals surface area contributed by atoms with Gasteiger partial charge in [0.15, 0.2) is 0 Å². The number of fused-ring (bicyclic) bond motifs is 1. The summed E-state index contributed by atoms with van der Waals surface area (Å²) in [5, 5.41) is 6.32. The first-order valence-electron chi connectivity index (χ1n) is 5.55. The molecule has 0 saturated carbocycles. The predicted molar refractivity (Wildman–Crippen MR) is 74.7 cm³/mol. The second-order valence-electron chi connectivity index (χ2n) is 4.05. The Morgan fingerprint density at radius 1 is 1.44 bits per heavy atom. The zero-order chi connectivity index (χ0) is 11.5. The third kappa shape index (κ3) is 2.48. The second kappa shape index (κ2) is 5.03. The number of halogens is 1. The smallest absolute Gasteiger partial charge is 0.229 e. The Balaban J connectivity index is 2.23. The minimum absolute atomic E-state index is 0.0788. The molecule has 2 N–H and O–H groups in total. The number of amides is 1. The van der Waals surface area contributed by atoms with Crippen molar-refractivity contribution in [1.82, 2.24) is 0 Å². The van der Waals surface area contributed by atoms with E-state index in [1.807, 2.05) is 18.2 Å². The average molecular weight is 330 g/mol. The Kier molecular flexibility index (Phi) is 3.68. The molecule has 0 aliphatic carbocycles. The van der Waals surface area contributed by atoms with E-state index in [1.54, 1.807) is 0 Å². The van der Waals surface area contributed by atoms with Gasteiger partial charge in [0.05, 0.1) is 17.3 Å². The molecule has 1 unspecified atom stereocenters. The molecule has 0 spiro atoms. The highest BCUT2D eigenvalue weighted by Crippen LogP contribution is 2.28. The van der Waals surface area contributed by atoms with E-state index in [9.17, 15) is 4.79 Å². The first-order chi connectivity index (χ1) is 7.70. The summed E-state index contributed by atoms with van der Waals surface area (Å²) in [7, 11) is 0. The molecule has 0 radical (unpaired) electrons. The number of carbonyl (C=O) groups is 1. The van der Waals surface area contributed by atoms with Crippen molar-refractivity contribution < 1.29 is 4.79 Å². The van der Waals surface area contributed by atoms with E-state index in [1.165, 1.54) is 0 Å². The van der Waals surface area contributed by atoms with Crippen LogP contribution in [0.1, 0.15) is 19.8 Å². The highest BCUT2D eigenvalue weighted by atomic mass is 127. The topological polar surface area (TPSA) is 41.1 Å². The normalized spacial score (nSPS) is 19.4. The lowest BCUT2D eigenvalue weighted by Gasteiger charge is -2.11. The monoisotopic (exact) mass is 330 g/mol. The van der Waals surface area contributed by atoms with Crippen LogP contribution in [0.25, 0.3) is 0 Å². The van der Waals surface area contributed by atoms with Gasteiger partial charge in [-0.2, -0.15) is 0 Å². The number of hydrogen-bond acceptors (Lipinski definition) is 2. The summed E-state index contributed by atoms with van der Waals surface area (Å²) < 4.78 is 1.13. The van der Waals surface area contributed by atoms with Gasteiger partial charge < -0.3 is 10.6 Å². The number of carbonyl (C=O) groups excluding carboxylic acids is 1. The van der Waals surface area contributed by atoms with Crippen molar-refractivity contribution in [3.63, 3.8) is 0 Å². The predicted octanol–water partition coefficient (Wildman–Crippen LogP) is 3.07. The van der Waals surface area contributed by atoms with Crippen LogP contribution in [-0.4, -0.2) is 12.5 Å². The molecule has 1 aromatic rings. The van der Waals surface area contributed by atoms with E-state index in [0.29, 0.717) is 0 Å². The van der Waals surface area contributed by atoms with Crippen LogP contribution in [-0.2, 0) is 4.79 Å². The summed E-state index contributed by atoms with van der Waals surface area (Å²) in [6.45, 7) is 2.83. The molecule has 1 aromatic carbocycles. The Bertz CT molecular complexity index is 406. The molecule has 16 heavy (non-hydrogen) atoms. The summed E-state index contributed by atoms with van der Waals surface area (Å²) in [4.78, 5) is 11.9. The van der Waals surface area contributed by atoms with Crippen molar-refractivity contribution in [3.8, 4) is 0 Å². The summed E-state index contributed by atoms with van der Waals surface area (Å²) in [6, 6.07) is 6.06. The minimum atomic E-state index is 0.0788. The van der Waals surface area contributed by atoms with Gasteiger partial charge in [0.25, 0.3) is 0 Å². The van der Waals surface area contributed by atoms with Crippen molar-refractivity contribution in [3.05, 3.63) is 21.8 Å². The van der Waals surface area contributed by atoms with Crippen LogP contribution in [0.2, 0.25) is 0 Å². The lowest BCUT2D eigenvalue weighted by molar-refractivity contribution is -0.119. The largest absolute Gasteiger partial charge is 0.383 e. The Labute approximate surface area is 109 Å². The molecule has 86 valence electrons. The molecule has 1 amide bonds.